The highest BCUT2D eigenvalue weighted by Crippen LogP contribution is 2.37. The largest absolute Gasteiger partial charge is 0.321 e. The van der Waals surface area contributed by atoms with Crippen LogP contribution in [0.25, 0.3) is 11.1 Å². The quantitative estimate of drug-likeness (QED) is 0.748. The van der Waals surface area contributed by atoms with Gasteiger partial charge >= 0.3 is 0 Å². The fourth-order valence-electron chi connectivity index (χ4n) is 3.47. The summed E-state index contributed by atoms with van der Waals surface area (Å²) in [5.41, 5.74) is 5.18. The Kier molecular flexibility index (Phi) is 4.27. The van der Waals surface area contributed by atoms with Gasteiger partial charge in [-0.05, 0) is 53.4 Å². The van der Waals surface area contributed by atoms with E-state index in [1.54, 1.807) is 30.3 Å². The zero-order valence-electron chi connectivity index (χ0n) is 14.5. The van der Waals surface area contributed by atoms with E-state index in [-0.39, 0.29) is 11.7 Å². The number of carbonyl (C=O) groups is 2. The van der Waals surface area contributed by atoms with Crippen LogP contribution in [0.15, 0.2) is 66.7 Å². The summed E-state index contributed by atoms with van der Waals surface area (Å²) in [7, 11) is 0. The second-order valence-corrected chi connectivity index (χ2v) is 6.45. The van der Waals surface area contributed by atoms with Crippen LogP contribution in [0.3, 0.4) is 0 Å². The molecular formula is C23H16N2O2. The molecule has 4 heteroatoms. The highest BCUT2D eigenvalue weighted by atomic mass is 16.1. The number of nitriles is 1. The average molecular weight is 352 g/mol. The van der Waals surface area contributed by atoms with E-state index >= 15 is 0 Å². The molecule has 0 radical (unpaired) electrons. The molecule has 1 N–H and O–H groups in total. The Balaban J connectivity index is 1.70. The Labute approximate surface area is 157 Å². The molecule has 0 saturated heterocycles. The Morgan fingerprint density at radius 3 is 2.37 bits per heavy atom. The molecule has 1 aliphatic rings. The Hall–Kier alpha value is -3.71. The van der Waals surface area contributed by atoms with Crippen LogP contribution in [0.4, 0.5) is 5.69 Å². The molecule has 3 aromatic rings. The molecule has 0 saturated carbocycles. The summed E-state index contributed by atoms with van der Waals surface area (Å²) in [6.07, 6.45) is 1.14. The van der Waals surface area contributed by atoms with Gasteiger partial charge in [0.05, 0.1) is 17.3 Å². The third kappa shape index (κ3) is 3.11. The fourth-order valence-corrected chi connectivity index (χ4v) is 3.47. The number of nitrogens with zero attached hydrogens (tertiary/aromatic N) is 1. The Morgan fingerprint density at radius 2 is 1.67 bits per heavy atom. The van der Waals surface area contributed by atoms with E-state index in [9.17, 15) is 9.59 Å². The number of amides is 1. The predicted octanol–water partition coefficient (Wildman–Crippen LogP) is 4.61. The summed E-state index contributed by atoms with van der Waals surface area (Å²) in [5, 5.41) is 11.7. The maximum atomic E-state index is 12.6. The third-order valence-corrected chi connectivity index (χ3v) is 4.80. The number of ketones is 1. The van der Waals surface area contributed by atoms with Gasteiger partial charge in [-0.1, -0.05) is 36.4 Å². The zero-order chi connectivity index (χ0) is 18.8. The highest BCUT2D eigenvalue weighted by Gasteiger charge is 2.27. The molecule has 0 fully saturated rings. The lowest BCUT2D eigenvalue weighted by Crippen LogP contribution is -2.14. The van der Waals surface area contributed by atoms with Gasteiger partial charge in [-0.25, -0.2) is 0 Å². The van der Waals surface area contributed by atoms with Crippen LogP contribution in [0.1, 0.15) is 38.3 Å². The fraction of sp³-hybridized carbons (Fsp3) is 0.0870. The van der Waals surface area contributed by atoms with Crippen LogP contribution in [-0.2, 0) is 6.42 Å². The van der Waals surface area contributed by atoms with Crippen LogP contribution < -0.4 is 5.32 Å². The van der Waals surface area contributed by atoms with Gasteiger partial charge in [0.1, 0.15) is 0 Å². The third-order valence-electron chi connectivity index (χ3n) is 4.80. The van der Waals surface area contributed by atoms with E-state index in [0.29, 0.717) is 35.2 Å². The molecule has 27 heavy (non-hydrogen) atoms. The molecule has 0 bridgehead atoms. The van der Waals surface area contributed by atoms with Crippen molar-refractivity contribution >= 4 is 17.4 Å². The van der Waals surface area contributed by atoms with Crippen LogP contribution in [0, 0.1) is 11.3 Å². The average Bonchev–Trinajstić information content (AvgIpc) is 3.11. The van der Waals surface area contributed by atoms with Gasteiger partial charge < -0.3 is 5.32 Å². The van der Waals surface area contributed by atoms with Crippen molar-refractivity contribution in [2.75, 3.05) is 5.32 Å². The first kappa shape index (κ1) is 16.7. The zero-order valence-corrected chi connectivity index (χ0v) is 14.5. The van der Waals surface area contributed by atoms with Crippen LogP contribution in [-0.4, -0.2) is 11.7 Å². The van der Waals surface area contributed by atoms with Gasteiger partial charge in [-0.15, -0.1) is 0 Å². The number of hydrogen-bond donors (Lipinski definition) is 1. The number of Topliss-reactive ketones (excluding diaryl/α,β-unsaturated/α-hetero) is 1. The molecule has 4 rings (SSSR count). The van der Waals surface area contributed by atoms with Gasteiger partial charge in [0, 0.05) is 17.5 Å². The normalized spacial score (nSPS) is 12.3. The molecule has 3 aromatic carbocycles. The highest BCUT2D eigenvalue weighted by molar-refractivity contribution is 6.12. The van der Waals surface area contributed by atoms with E-state index in [2.05, 4.69) is 5.32 Å². The molecule has 0 aliphatic heterocycles. The lowest BCUT2D eigenvalue weighted by atomic mass is 9.95. The van der Waals surface area contributed by atoms with E-state index in [4.69, 9.17) is 5.26 Å². The van der Waals surface area contributed by atoms with Crippen LogP contribution in [0.2, 0.25) is 0 Å². The monoisotopic (exact) mass is 352 g/mol. The van der Waals surface area contributed by atoms with Gasteiger partial charge in [-0.3, -0.25) is 9.59 Å². The first-order chi connectivity index (χ1) is 13.2. The molecule has 0 heterocycles. The van der Waals surface area contributed by atoms with E-state index in [0.717, 1.165) is 16.7 Å². The van der Waals surface area contributed by atoms with Crippen LogP contribution >= 0.6 is 0 Å². The molecule has 0 spiro atoms. The molecule has 1 amide bonds. The van der Waals surface area contributed by atoms with Gasteiger partial charge in [0.15, 0.2) is 5.78 Å². The van der Waals surface area contributed by atoms with Gasteiger partial charge in [0.25, 0.3) is 5.91 Å². The second-order valence-electron chi connectivity index (χ2n) is 6.45. The van der Waals surface area contributed by atoms with Crippen molar-refractivity contribution in [1.82, 2.24) is 0 Å². The SMILES string of the molecule is N#Cc1ccc(C(=O)Nc2ccc(-c3ccccc3)c3c2C(=O)CC3)cc1. The summed E-state index contributed by atoms with van der Waals surface area (Å²) in [6.45, 7) is 0. The molecule has 0 atom stereocenters. The van der Waals surface area contributed by atoms with Crippen molar-refractivity contribution < 1.29 is 9.59 Å². The maximum Gasteiger partial charge on any atom is 0.255 e. The van der Waals surface area contributed by atoms with E-state index < -0.39 is 0 Å². The first-order valence-electron chi connectivity index (χ1n) is 8.73. The number of carbonyl (C=O) groups excluding carboxylic acids is 2. The van der Waals surface area contributed by atoms with Gasteiger partial charge in [-0.2, -0.15) is 5.26 Å². The molecular weight excluding hydrogens is 336 g/mol. The Bertz CT molecular complexity index is 1080. The maximum absolute atomic E-state index is 12.6. The lowest BCUT2D eigenvalue weighted by molar-refractivity contribution is 0.0995. The van der Waals surface area contributed by atoms with Crippen molar-refractivity contribution in [2.45, 2.75) is 12.8 Å². The van der Waals surface area contributed by atoms with Crippen LogP contribution in [0.5, 0.6) is 0 Å². The topological polar surface area (TPSA) is 70.0 Å². The summed E-state index contributed by atoms with van der Waals surface area (Å²) >= 11 is 0. The van der Waals surface area contributed by atoms with Crippen molar-refractivity contribution in [3.05, 3.63) is 89.0 Å². The minimum atomic E-state index is -0.297. The summed E-state index contributed by atoms with van der Waals surface area (Å²) in [5.74, 6) is -0.244. The minimum absolute atomic E-state index is 0.0536. The van der Waals surface area contributed by atoms with Crippen molar-refractivity contribution in [2.24, 2.45) is 0 Å². The molecule has 130 valence electrons. The number of benzene rings is 3. The lowest BCUT2D eigenvalue weighted by Gasteiger charge is -2.14. The van der Waals surface area contributed by atoms with Crippen molar-refractivity contribution in [3.63, 3.8) is 0 Å². The number of rotatable bonds is 3. The number of nitrogens with one attached hydrogen (secondary N) is 1. The second kappa shape index (κ2) is 6.89. The standard InChI is InChI=1S/C23H16N2O2/c24-14-15-6-8-17(9-7-15)23(27)25-20-12-10-18(16-4-2-1-3-5-16)19-11-13-21(26)22(19)20/h1-10,12H,11,13H2,(H,25,27). The minimum Gasteiger partial charge on any atom is -0.321 e. The smallest absolute Gasteiger partial charge is 0.255 e. The molecule has 0 unspecified atom stereocenters. The molecule has 0 aromatic heterocycles. The Morgan fingerprint density at radius 1 is 0.926 bits per heavy atom. The van der Waals surface area contributed by atoms with E-state index in [1.807, 2.05) is 42.5 Å². The summed E-state index contributed by atoms with van der Waals surface area (Å²) in [4.78, 5) is 25.1. The first-order valence-corrected chi connectivity index (χ1v) is 8.73. The van der Waals surface area contributed by atoms with Gasteiger partial charge in [0.2, 0.25) is 0 Å². The van der Waals surface area contributed by atoms with Crippen molar-refractivity contribution in [1.29, 1.82) is 5.26 Å². The summed E-state index contributed by atoms with van der Waals surface area (Å²) < 4.78 is 0. The van der Waals surface area contributed by atoms with Crippen molar-refractivity contribution in [3.8, 4) is 17.2 Å². The van der Waals surface area contributed by atoms with E-state index in [1.165, 1.54) is 0 Å². The number of anilines is 1. The summed E-state index contributed by atoms with van der Waals surface area (Å²) in [6, 6.07) is 22.1. The molecule has 1 aliphatic carbocycles. The number of hydrogen-bond acceptors (Lipinski definition) is 3. The number of fused-ring (bicyclic) bond motifs is 1. The molecule has 4 nitrogen and oxygen atoms in total. The predicted molar refractivity (Wildman–Crippen MR) is 104 cm³/mol.